The summed E-state index contributed by atoms with van der Waals surface area (Å²) in [6.07, 6.45) is 0. The van der Waals surface area contributed by atoms with Crippen LogP contribution in [0.1, 0.15) is 11.3 Å². The number of esters is 1. The number of halogens is 1. The van der Waals surface area contributed by atoms with E-state index < -0.39 is 0 Å². The number of carbonyl (C=O) groups excluding carboxylic acids is 1. The van der Waals surface area contributed by atoms with E-state index in [0.29, 0.717) is 17.2 Å². The van der Waals surface area contributed by atoms with Gasteiger partial charge in [0.1, 0.15) is 17.3 Å². The van der Waals surface area contributed by atoms with Crippen LogP contribution in [0, 0.1) is 5.82 Å². The number of nitrogens with zero attached hydrogens (tertiary/aromatic N) is 1. The Morgan fingerprint density at radius 3 is 2.59 bits per heavy atom. The zero-order chi connectivity index (χ0) is 19.1. The van der Waals surface area contributed by atoms with Gasteiger partial charge in [0.2, 0.25) is 0 Å². The summed E-state index contributed by atoms with van der Waals surface area (Å²) in [6.45, 7) is 0.0269. The van der Waals surface area contributed by atoms with Crippen molar-refractivity contribution in [2.75, 3.05) is 12.9 Å². The highest BCUT2D eigenvalue weighted by atomic mass is 32.2. The Hall–Kier alpha value is -2.80. The number of benzene rings is 2. The van der Waals surface area contributed by atoms with Crippen molar-refractivity contribution in [3.8, 4) is 17.0 Å². The Balaban J connectivity index is 1.43. The van der Waals surface area contributed by atoms with Crippen LogP contribution < -0.4 is 4.74 Å². The fourth-order valence-corrected chi connectivity index (χ4v) is 3.09. The third-order valence-corrected chi connectivity index (χ3v) is 4.70. The lowest BCUT2D eigenvalue weighted by molar-refractivity contribution is -0.142. The second-order valence-electron chi connectivity index (χ2n) is 5.69. The first-order valence-electron chi connectivity index (χ1n) is 8.22. The number of hydrogen-bond donors (Lipinski definition) is 0. The van der Waals surface area contributed by atoms with Gasteiger partial charge in [-0.1, -0.05) is 17.3 Å². The van der Waals surface area contributed by atoms with Gasteiger partial charge in [0.15, 0.2) is 12.4 Å². The predicted octanol–water partition coefficient (Wildman–Crippen LogP) is 4.47. The van der Waals surface area contributed by atoms with Gasteiger partial charge in [-0.25, -0.2) is 4.39 Å². The van der Waals surface area contributed by atoms with Crippen LogP contribution in [0.25, 0.3) is 11.3 Å². The molecular weight excluding hydrogens is 369 g/mol. The molecule has 0 bridgehead atoms. The molecule has 0 unspecified atom stereocenters. The second-order valence-corrected chi connectivity index (χ2v) is 6.67. The lowest BCUT2D eigenvalue weighted by atomic mass is 10.1. The van der Waals surface area contributed by atoms with Crippen LogP contribution in [0.4, 0.5) is 4.39 Å². The molecular formula is C20H18FNO4S. The maximum Gasteiger partial charge on any atom is 0.316 e. The molecule has 0 saturated heterocycles. The number of hydrogen-bond acceptors (Lipinski definition) is 6. The van der Waals surface area contributed by atoms with Crippen molar-refractivity contribution in [2.45, 2.75) is 12.4 Å². The maximum atomic E-state index is 12.8. The van der Waals surface area contributed by atoms with Gasteiger partial charge in [-0.3, -0.25) is 4.79 Å². The Kier molecular flexibility index (Phi) is 6.49. The van der Waals surface area contributed by atoms with Crippen molar-refractivity contribution in [2.24, 2.45) is 0 Å². The molecule has 2 aromatic carbocycles. The lowest BCUT2D eigenvalue weighted by Gasteiger charge is -2.03. The van der Waals surface area contributed by atoms with Crippen LogP contribution in [-0.2, 0) is 21.9 Å². The fourth-order valence-electron chi connectivity index (χ4n) is 2.30. The maximum absolute atomic E-state index is 12.8. The zero-order valence-corrected chi connectivity index (χ0v) is 15.5. The first kappa shape index (κ1) is 19.0. The molecule has 0 amide bonds. The van der Waals surface area contributed by atoms with Crippen molar-refractivity contribution in [3.63, 3.8) is 0 Å². The van der Waals surface area contributed by atoms with E-state index in [9.17, 15) is 9.18 Å². The van der Waals surface area contributed by atoms with E-state index in [4.69, 9.17) is 14.0 Å². The highest BCUT2D eigenvalue weighted by molar-refractivity contribution is 7.99. The minimum atomic E-state index is -0.343. The molecule has 0 aliphatic heterocycles. The Bertz CT molecular complexity index is 878. The number of carbonyl (C=O) groups is 1. The topological polar surface area (TPSA) is 61.6 Å². The fraction of sp³-hybridized carbons (Fsp3) is 0.200. The number of methoxy groups -OCH3 is 1. The second kappa shape index (κ2) is 9.23. The van der Waals surface area contributed by atoms with Crippen LogP contribution in [-0.4, -0.2) is 24.0 Å². The van der Waals surface area contributed by atoms with Gasteiger partial charge in [0.05, 0.1) is 12.9 Å². The van der Waals surface area contributed by atoms with Crippen molar-refractivity contribution in [1.82, 2.24) is 5.16 Å². The quantitative estimate of drug-likeness (QED) is 0.532. The van der Waals surface area contributed by atoms with E-state index in [0.717, 1.165) is 16.9 Å². The minimum absolute atomic E-state index is 0.0269. The third-order valence-electron chi connectivity index (χ3n) is 3.72. The number of rotatable bonds is 8. The molecule has 1 heterocycles. The predicted molar refractivity (Wildman–Crippen MR) is 101 cm³/mol. The van der Waals surface area contributed by atoms with Crippen LogP contribution in [0.2, 0.25) is 0 Å². The summed E-state index contributed by atoms with van der Waals surface area (Å²) in [4.78, 5) is 11.8. The zero-order valence-electron chi connectivity index (χ0n) is 14.7. The summed E-state index contributed by atoms with van der Waals surface area (Å²) in [5, 5.41) is 3.99. The molecule has 27 heavy (non-hydrogen) atoms. The number of thioether (sulfide) groups is 1. The molecule has 140 valence electrons. The molecule has 5 nitrogen and oxygen atoms in total. The third kappa shape index (κ3) is 5.59. The van der Waals surface area contributed by atoms with Gasteiger partial charge in [-0.2, -0.15) is 0 Å². The van der Waals surface area contributed by atoms with Crippen molar-refractivity contribution >= 4 is 17.7 Å². The minimum Gasteiger partial charge on any atom is -0.497 e. The smallest absolute Gasteiger partial charge is 0.316 e. The molecule has 1 aromatic heterocycles. The first-order chi connectivity index (χ1) is 13.1. The standard InChI is InChI=1S/C20H18FNO4S/c1-24-17-8-4-15(5-9-17)19-10-18(26-22-19)11-25-20(23)13-27-12-14-2-6-16(21)7-3-14/h2-10H,11-13H2,1H3. The normalized spacial score (nSPS) is 10.6. The van der Waals surface area contributed by atoms with Gasteiger partial charge >= 0.3 is 5.97 Å². The van der Waals surface area contributed by atoms with Crippen LogP contribution in [0.5, 0.6) is 5.75 Å². The Morgan fingerprint density at radius 2 is 1.89 bits per heavy atom. The van der Waals surface area contributed by atoms with Gasteiger partial charge in [0, 0.05) is 17.4 Å². The molecule has 0 radical (unpaired) electrons. The molecule has 0 N–H and O–H groups in total. The Morgan fingerprint density at radius 1 is 1.15 bits per heavy atom. The van der Waals surface area contributed by atoms with E-state index >= 15 is 0 Å². The van der Waals surface area contributed by atoms with E-state index in [2.05, 4.69) is 5.16 Å². The Labute approximate surface area is 160 Å². The summed E-state index contributed by atoms with van der Waals surface area (Å²) in [7, 11) is 1.61. The van der Waals surface area contributed by atoms with Crippen molar-refractivity contribution in [3.05, 3.63) is 71.7 Å². The van der Waals surface area contributed by atoms with Crippen molar-refractivity contribution < 1.29 is 23.2 Å². The van der Waals surface area contributed by atoms with Gasteiger partial charge < -0.3 is 14.0 Å². The molecule has 3 rings (SSSR count). The average Bonchev–Trinajstić information content (AvgIpc) is 3.17. The molecule has 3 aromatic rings. The highest BCUT2D eigenvalue weighted by Crippen LogP contribution is 2.22. The molecule has 0 fully saturated rings. The summed E-state index contributed by atoms with van der Waals surface area (Å²) in [5.74, 6) is 1.43. The van der Waals surface area contributed by atoms with E-state index in [-0.39, 0.29) is 24.1 Å². The van der Waals surface area contributed by atoms with Gasteiger partial charge in [-0.05, 0) is 42.0 Å². The highest BCUT2D eigenvalue weighted by Gasteiger charge is 2.10. The van der Waals surface area contributed by atoms with Crippen LogP contribution >= 0.6 is 11.8 Å². The molecule has 0 saturated carbocycles. The molecule has 0 spiro atoms. The molecule has 0 aliphatic rings. The van der Waals surface area contributed by atoms with Crippen LogP contribution in [0.15, 0.2) is 59.1 Å². The molecule has 7 heteroatoms. The van der Waals surface area contributed by atoms with Crippen LogP contribution in [0.3, 0.4) is 0 Å². The number of ether oxygens (including phenoxy) is 2. The lowest BCUT2D eigenvalue weighted by Crippen LogP contribution is -2.07. The molecule has 0 atom stereocenters. The van der Waals surface area contributed by atoms with E-state index in [1.165, 1.54) is 23.9 Å². The number of aromatic nitrogens is 1. The summed E-state index contributed by atoms with van der Waals surface area (Å²) >= 11 is 1.41. The average molecular weight is 387 g/mol. The summed E-state index contributed by atoms with van der Waals surface area (Å²) < 4.78 is 28.4. The van der Waals surface area contributed by atoms with Gasteiger partial charge in [0.25, 0.3) is 0 Å². The monoisotopic (exact) mass is 387 g/mol. The SMILES string of the molecule is COc1ccc(-c2cc(COC(=O)CSCc3ccc(F)cc3)on2)cc1. The summed E-state index contributed by atoms with van der Waals surface area (Å²) in [6, 6.07) is 15.4. The van der Waals surface area contributed by atoms with E-state index in [1.807, 2.05) is 24.3 Å². The molecule has 0 aliphatic carbocycles. The van der Waals surface area contributed by atoms with Crippen molar-refractivity contribution in [1.29, 1.82) is 0 Å². The summed E-state index contributed by atoms with van der Waals surface area (Å²) in [5.41, 5.74) is 2.50. The first-order valence-corrected chi connectivity index (χ1v) is 9.37. The van der Waals surface area contributed by atoms with E-state index in [1.54, 1.807) is 25.3 Å². The largest absolute Gasteiger partial charge is 0.497 e. The van der Waals surface area contributed by atoms with Gasteiger partial charge in [-0.15, -0.1) is 11.8 Å².